The molecule has 0 saturated heterocycles. The number of amides is 1. The number of nitrogens with two attached hydrogens (primary N) is 1. The summed E-state index contributed by atoms with van der Waals surface area (Å²) in [6, 6.07) is 2.34. The summed E-state index contributed by atoms with van der Waals surface area (Å²) in [4.78, 5) is 11.7. The van der Waals surface area contributed by atoms with Gasteiger partial charge < -0.3 is 11.1 Å². The van der Waals surface area contributed by atoms with Crippen LogP contribution in [0.3, 0.4) is 0 Å². The van der Waals surface area contributed by atoms with Gasteiger partial charge in [-0.1, -0.05) is 0 Å². The Morgan fingerprint density at radius 1 is 1.65 bits per heavy atom. The van der Waals surface area contributed by atoms with E-state index in [0.29, 0.717) is 12.3 Å². The summed E-state index contributed by atoms with van der Waals surface area (Å²) >= 11 is 1.69. The third-order valence-electron chi connectivity index (χ3n) is 3.18. The lowest BCUT2D eigenvalue weighted by atomic mass is 10.1. The molecule has 1 aliphatic rings. The molecule has 4 heteroatoms. The predicted molar refractivity (Wildman–Crippen MR) is 70.9 cm³/mol. The zero-order valence-corrected chi connectivity index (χ0v) is 11.0. The molecular weight excluding hydrogens is 232 g/mol. The Morgan fingerprint density at radius 2 is 2.41 bits per heavy atom. The molecule has 0 spiro atoms. The summed E-state index contributed by atoms with van der Waals surface area (Å²) in [5.41, 5.74) is 7.22. The molecule has 0 bridgehead atoms. The monoisotopic (exact) mass is 252 g/mol. The van der Waals surface area contributed by atoms with Gasteiger partial charge in [-0.05, 0) is 54.5 Å². The van der Waals surface area contributed by atoms with Crippen LogP contribution in [0.1, 0.15) is 31.7 Å². The highest BCUT2D eigenvalue weighted by atomic mass is 32.1. The van der Waals surface area contributed by atoms with Crippen LogP contribution >= 0.6 is 11.3 Å². The second-order valence-electron chi connectivity index (χ2n) is 5.01. The van der Waals surface area contributed by atoms with Crippen LogP contribution < -0.4 is 11.1 Å². The summed E-state index contributed by atoms with van der Waals surface area (Å²) in [5.74, 6) is 0.681. The first-order valence-electron chi connectivity index (χ1n) is 6.21. The molecule has 17 heavy (non-hydrogen) atoms. The highest BCUT2D eigenvalue weighted by molar-refractivity contribution is 7.07. The smallest absolute Gasteiger partial charge is 0.221 e. The summed E-state index contributed by atoms with van der Waals surface area (Å²) < 4.78 is 0. The van der Waals surface area contributed by atoms with Crippen LogP contribution in [0.5, 0.6) is 0 Å². The molecule has 3 N–H and O–H groups in total. The molecule has 1 saturated carbocycles. The summed E-state index contributed by atoms with van der Waals surface area (Å²) in [7, 11) is 0. The molecule has 2 atom stereocenters. The van der Waals surface area contributed by atoms with Crippen LogP contribution in [0.25, 0.3) is 0 Å². The molecule has 1 aromatic heterocycles. The number of hydrogen-bond donors (Lipinski definition) is 2. The van der Waals surface area contributed by atoms with Crippen molar-refractivity contribution >= 4 is 17.2 Å². The Balaban J connectivity index is 1.70. The van der Waals surface area contributed by atoms with Gasteiger partial charge in [0.25, 0.3) is 0 Å². The standard InChI is InChI=1S/C13H20N2OS/c1-9(6-10-4-5-17-8-10)15-13(16)7-12(14)11-2-3-11/h4-5,8-9,11-12H,2-3,6-7,14H2,1H3,(H,15,16). The minimum atomic E-state index is 0.0587. The van der Waals surface area contributed by atoms with Crippen LogP contribution in [-0.2, 0) is 11.2 Å². The number of hydrogen-bond acceptors (Lipinski definition) is 3. The fourth-order valence-electron chi connectivity index (χ4n) is 2.05. The van der Waals surface area contributed by atoms with E-state index in [0.717, 1.165) is 6.42 Å². The van der Waals surface area contributed by atoms with E-state index in [1.807, 2.05) is 6.92 Å². The van der Waals surface area contributed by atoms with Gasteiger partial charge in [0, 0.05) is 18.5 Å². The topological polar surface area (TPSA) is 55.1 Å². The van der Waals surface area contributed by atoms with Gasteiger partial charge in [-0.2, -0.15) is 11.3 Å². The van der Waals surface area contributed by atoms with Gasteiger partial charge in [0.15, 0.2) is 0 Å². The molecule has 0 aromatic carbocycles. The molecule has 0 aliphatic heterocycles. The van der Waals surface area contributed by atoms with E-state index >= 15 is 0 Å². The SMILES string of the molecule is CC(Cc1ccsc1)NC(=O)CC(N)C1CC1. The van der Waals surface area contributed by atoms with Crippen molar-refractivity contribution in [1.29, 1.82) is 0 Å². The summed E-state index contributed by atoms with van der Waals surface area (Å²) in [6.07, 6.45) is 3.75. The number of carbonyl (C=O) groups is 1. The van der Waals surface area contributed by atoms with Crippen LogP contribution in [0, 0.1) is 5.92 Å². The fourth-order valence-corrected chi connectivity index (χ4v) is 2.73. The highest BCUT2D eigenvalue weighted by Crippen LogP contribution is 2.32. The maximum atomic E-state index is 11.7. The highest BCUT2D eigenvalue weighted by Gasteiger charge is 2.29. The van der Waals surface area contributed by atoms with E-state index in [1.54, 1.807) is 11.3 Å². The number of rotatable bonds is 6. The minimum absolute atomic E-state index is 0.0587. The Morgan fingerprint density at radius 3 is 3.00 bits per heavy atom. The molecule has 3 nitrogen and oxygen atoms in total. The van der Waals surface area contributed by atoms with Crippen LogP contribution in [0.15, 0.2) is 16.8 Å². The zero-order valence-electron chi connectivity index (χ0n) is 10.2. The molecular formula is C13H20N2OS. The van der Waals surface area contributed by atoms with Crippen LogP contribution in [0.2, 0.25) is 0 Å². The number of nitrogens with one attached hydrogen (secondary N) is 1. The fraction of sp³-hybridized carbons (Fsp3) is 0.615. The van der Waals surface area contributed by atoms with Crippen molar-refractivity contribution in [2.75, 3.05) is 0 Å². The van der Waals surface area contributed by atoms with Gasteiger partial charge in [-0.15, -0.1) is 0 Å². The predicted octanol–water partition coefficient (Wildman–Crippen LogP) is 1.92. The van der Waals surface area contributed by atoms with Crippen molar-refractivity contribution in [2.45, 2.75) is 44.7 Å². The zero-order chi connectivity index (χ0) is 12.3. The van der Waals surface area contributed by atoms with Gasteiger partial charge in [0.1, 0.15) is 0 Å². The second-order valence-corrected chi connectivity index (χ2v) is 5.79. The first-order valence-corrected chi connectivity index (χ1v) is 7.15. The first kappa shape index (κ1) is 12.6. The maximum absolute atomic E-state index is 11.7. The lowest BCUT2D eigenvalue weighted by molar-refractivity contribution is -0.122. The lowest BCUT2D eigenvalue weighted by Gasteiger charge is -2.15. The van der Waals surface area contributed by atoms with Gasteiger partial charge in [-0.3, -0.25) is 4.79 Å². The van der Waals surface area contributed by atoms with E-state index in [1.165, 1.54) is 18.4 Å². The summed E-state index contributed by atoms with van der Waals surface area (Å²) in [6.45, 7) is 2.04. The van der Waals surface area contributed by atoms with Crippen molar-refractivity contribution < 1.29 is 4.79 Å². The van der Waals surface area contributed by atoms with Gasteiger partial charge in [-0.25, -0.2) is 0 Å². The van der Waals surface area contributed by atoms with Crippen LogP contribution in [-0.4, -0.2) is 18.0 Å². The average molecular weight is 252 g/mol. The van der Waals surface area contributed by atoms with E-state index in [-0.39, 0.29) is 18.0 Å². The van der Waals surface area contributed by atoms with E-state index in [9.17, 15) is 4.79 Å². The van der Waals surface area contributed by atoms with Crippen molar-refractivity contribution in [2.24, 2.45) is 11.7 Å². The van der Waals surface area contributed by atoms with Crippen molar-refractivity contribution in [3.05, 3.63) is 22.4 Å². The molecule has 0 radical (unpaired) electrons. The Bertz CT molecular complexity index is 360. The maximum Gasteiger partial charge on any atom is 0.221 e. The quantitative estimate of drug-likeness (QED) is 0.812. The van der Waals surface area contributed by atoms with E-state index in [4.69, 9.17) is 5.73 Å². The molecule has 1 aromatic rings. The van der Waals surface area contributed by atoms with Crippen molar-refractivity contribution in [1.82, 2.24) is 5.32 Å². The lowest BCUT2D eigenvalue weighted by Crippen LogP contribution is -2.38. The van der Waals surface area contributed by atoms with E-state index < -0.39 is 0 Å². The van der Waals surface area contributed by atoms with Crippen molar-refractivity contribution in [3.63, 3.8) is 0 Å². The second kappa shape index (κ2) is 5.65. The number of thiophene rings is 1. The van der Waals surface area contributed by atoms with Gasteiger partial charge >= 0.3 is 0 Å². The Labute approximate surface area is 106 Å². The van der Waals surface area contributed by atoms with Crippen LogP contribution in [0.4, 0.5) is 0 Å². The Hall–Kier alpha value is -0.870. The minimum Gasteiger partial charge on any atom is -0.353 e. The molecule has 1 fully saturated rings. The normalized spacial score (nSPS) is 18.7. The van der Waals surface area contributed by atoms with Crippen molar-refractivity contribution in [3.8, 4) is 0 Å². The molecule has 1 heterocycles. The first-order chi connectivity index (χ1) is 8.15. The molecule has 2 unspecified atom stereocenters. The van der Waals surface area contributed by atoms with E-state index in [2.05, 4.69) is 22.1 Å². The third-order valence-corrected chi connectivity index (χ3v) is 3.91. The molecule has 1 aliphatic carbocycles. The number of carbonyl (C=O) groups excluding carboxylic acids is 1. The van der Waals surface area contributed by atoms with Gasteiger partial charge in [0.2, 0.25) is 5.91 Å². The molecule has 94 valence electrons. The largest absolute Gasteiger partial charge is 0.353 e. The molecule has 1 amide bonds. The average Bonchev–Trinajstić information content (AvgIpc) is 2.99. The summed E-state index contributed by atoms with van der Waals surface area (Å²) in [5, 5.41) is 7.20. The Kier molecular flexibility index (Phi) is 4.18. The third kappa shape index (κ3) is 4.13. The molecule has 2 rings (SSSR count). The van der Waals surface area contributed by atoms with Gasteiger partial charge in [0.05, 0.1) is 0 Å².